The van der Waals surface area contributed by atoms with Gasteiger partial charge in [-0.3, -0.25) is 0 Å². The second-order valence-electron chi connectivity index (χ2n) is 5.57. The van der Waals surface area contributed by atoms with Crippen molar-refractivity contribution in [3.8, 4) is 12.3 Å². The fourth-order valence-corrected chi connectivity index (χ4v) is 0.471. The predicted molar refractivity (Wildman–Crippen MR) is 67.2 cm³/mol. The fourth-order valence-electron chi connectivity index (χ4n) is 0.471. The minimum Gasteiger partial charge on any atom is -0.120 e. The van der Waals surface area contributed by atoms with Crippen molar-refractivity contribution < 1.29 is 0 Å². The lowest BCUT2D eigenvalue weighted by atomic mass is 9.96. The maximum atomic E-state index is 5.06. The van der Waals surface area contributed by atoms with Crippen LogP contribution in [0, 0.1) is 23.2 Å². The van der Waals surface area contributed by atoms with Gasteiger partial charge in [0.2, 0.25) is 0 Å². The topological polar surface area (TPSA) is 0 Å². The Bertz CT molecular complexity index is 188. The first-order valence-corrected chi connectivity index (χ1v) is 5.28. The molecule has 0 aromatic rings. The van der Waals surface area contributed by atoms with Gasteiger partial charge in [0.25, 0.3) is 0 Å². The van der Waals surface area contributed by atoms with Crippen molar-refractivity contribution in [3.05, 3.63) is 12.2 Å². The van der Waals surface area contributed by atoms with Crippen molar-refractivity contribution in [2.45, 2.75) is 54.9 Å². The average Bonchev–Trinajstić information content (AvgIpc) is 1.99. The summed E-state index contributed by atoms with van der Waals surface area (Å²) in [6.45, 7) is 14.8. The lowest BCUT2D eigenvalue weighted by molar-refractivity contribution is 0.542. The van der Waals surface area contributed by atoms with E-state index in [1.807, 2.05) is 20.8 Å². The zero-order valence-corrected chi connectivity index (χ0v) is 10.9. The van der Waals surface area contributed by atoms with Crippen LogP contribution in [0.15, 0.2) is 12.2 Å². The molecule has 0 rings (SSSR count). The highest BCUT2D eigenvalue weighted by Gasteiger charge is 2.01. The number of hydrogen-bond donors (Lipinski definition) is 0. The van der Waals surface area contributed by atoms with Gasteiger partial charge in [0.15, 0.2) is 0 Å². The van der Waals surface area contributed by atoms with Crippen LogP contribution in [0.1, 0.15) is 54.9 Å². The lowest BCUT2D eigenvalue weighted by Gasteiger charge is -2.10. The quantitative estimate of drug-likeness (QED) is 0.420. The Labute approximate surface area is 90.8 Å². The molecule has 0 amide bonds. The van der Waals surface area contributed by atoms with E-state index in [0.717, 1.165) is 6.42 Å². The third-order valence-electron chi connectivity index (χ3n) is 1.29. The molecular weight excluding hydrogens is 168 g/mol. The summed E-state index contributed by atoms with van der Waals surface area (Å²) >= 11 is 0. The maximum Gasteiger partial charge on any atom is 0.0227 e. The highest BCUT2D eigenvalue weighted by Crippen LogP contribution is 2.14. The van der Waals surface area contributed by atoms with Gasteiger partial charge in [0.05, 0.1) is 0 Å². The van der Waals surface area contributed by atoms with E-state index in [2.05, 4.69) is 45.8 Å². The van der Waals surface area contributed by atoms with Crippen molar-refractivity contribution in [2.24, 2.45) is 10.8 Å². The second kappa shape index (κ2) is 6.71. The van der Waals surface area contributed by atoms with Crippen molar-refractivity contribution in [1.29, 1.82) is 0 Å². The molecular formula is C14H26. The summed E-state index contributed by atoms with van der Waals surface area (Å²) in [6.07, 6.45) is 10.7. The molecule has 0 heteroatoms. The van der Waals surface area contributed by atoms with Crippen LogP contribution in [0.25, 0.3) is 0 Å². The van der Waals surface area contributed by atoms with E-state index < -0.39 is 0 Å². The Morgan fingerprint density at radius 1 is 1.07 bits per heavy atom. The van der Waals surface area contributed by atoms with Crippen LogP contribution in [0.5, 0.6) is 0 Å². The van der Waals surface area contributed by atoms with Crippen molar-refractivity contribution >= 4 is 0 Å². The normalized spacial score (nSPS) is 11.9. The molecule has 0 atom stereocenters. The molecule has 0 heterocycles. The zero-order chi connectivity index (χ0) is 11.8. The van der Waals surface area contributed by atoms with Crippen LogP contribution in [0.2, 0.25) is 0 Å². The fraction of sp³-hybridized carbons (Fsp3) is 0.714. The SMILES string of the molecule is C#CC(C)(C)C.CCC=CC(C)(C)C. The Morgan fingerprint density at radius 3 is 1.50 bits per heavy atom. The standard InChI is InChI=1S/C8H16.C6H10/c1-5-6-7-8(2,3)4;1-5-6(2,3)4/h6-7H,5H2,1-4H3;1H,2-4H3. The number of hydrogen-bond acceptors (Lipinski definition) is 0. The molecule has 0 saturated heterocycles. The molecule has 0 nitrogen and oxygen atoms in total. The molecule has 0 radical (unpaired) electrons. The molecule has 0 spiro atoms. The van der Waals surface area contributed by atoms with Gasteiger partial charge in [0, 0.05) is 5.41 Å². The number of allylic oxidation sites excluding steroid dienone is 2. The van der Waals surface area contributed by atoms with Crippen LogP contribution < -0.4 is 0 Å². The average molecular weight is 194 g/mol. The first-order chi connectivity index (χ1) is 6.12. The summed E-state index contributed by atoms with van der Waals surface area (Å²) in [6, 6.07) is 0. The largest absolute Gasteiger partial charge is 0.120 e. The van der Waals surface area contributed by atoms with Crippen LogP contribution >= 0.6 is 0 Å². The molecule has 0 saturated carbocycles. The maximum absolute atomic E-state index is 5.06. The van der Waals surface area contributed by atoms with Crippen LogP contribution in [0.4, 0.5) is 0 Å². The Kier molecular flexibility index (Phi) is 7.55. The Hall–Kier alpha value is -0.700. The first-order valence-electron chi connectivity index (χ1n) is 5.28. The molecule has 82 valence electrons. The molecule has 0 N–H and O–H groups in total. The number of terminal acetylenes is 1. The summed E-state index contributed by atoms with van der Waals surface area (Å²) in [7, 11) is 0. The van der Waals surface area contributed by atoms with E-state index in [0.29, 0.717) is 5.41 Å². The van der Waals surface area contributed by atoms with Crippen molar-refractivity contribution in [1.82, 2.24) is 0 Å². The monoisotopic (exact) mass is 194 g/mol. The van der Waals surface area contributed by atoms with E-state index in [1.54, 1.807) is 0 Å². The van der Waals surface area contributed by atoms with Gasteiger partial charge in [-0.2, -0.15) is 0 Å². The second-order valence-corrected chi connectivity index (χ2v) is 5.57. The zero-order valence-electron chi connectivity index (χ0n) is 10.9. The summed E-state index contributed by atoms with van der Waals surface area (Å²) in [5, 5.41) is 0. The van der Waals surface area contributed by atoms with E-state index in [9.17, 15) is 0 Å². The Morgan fingerprint density at radius 2 is 1.43 bits per heavy atom. The first kappa shape index (κ1) is 15.8. The van der Waals surface area contributed by atoms with Crippen molar-refractivity contribution in [2.75, 3.05) is 0 Å². The highest BCUT2D eigenvalue weighted by molar-refractivity contribution is 4.96. The third-order valence-corrected chi connectivity index (χ3v) is 1.29. The van der Waals surface area contributed by atoms with Gasteiger partial charge in [-0.25, -0.2) is 0 Å². The summed E-state index contributed by atoms with van der Waals surface area (Å²) in [5.74, 6) is 2.60. The summed E-state index contributed by atoms with van der Waals surface area (Å²) in [5.41, 5.74) is 0.440. The molecule has 0 fully saturated rings. The Balaban J connectivity index is 0. The van der Waals surface area contributed by atoms with Crippen molar-refractivity contribution in [3.63, 3.8) is 0 Å². The van der Waals surface area contributed by atoms with Gasteiger partial charge in [-0.1, -0.05) is 39.8 Å². The molecule has 0 aromatic carbocycles. The highest BCUT2D eigenvalue weighted by atomic mass is 14.1. The summed E-state index contributed by atoms with van der Waals surface area (Å²) < 4.78 is 0. The molecule has 0 aliphatic carbocycles. The van der Waals surface area contributed by atoms with E-state index >= 15 is 0 Å². The summed E-state index contributed by atoms with van der Waals surface area (Å²) in [4.78, 5) is 0. The third kappa shape index (κ3) is 22.5. The van der Waals surface area contributed by atoms with E-state index in [4.69, 9.17) is 6.42 Å². The van der Waals surface area contributed by atoms with Gasteiger partial charge in [-0.05, 0) is 32.6 Å². The lowest BCUT2D eigenvalue weighted by Crippen LogP contribution is -1.97. The molecule has 0 aliphatic heterocycles. The minimum atomic E-state index is 0.0694. The van der Waals surface area contributed by atoms with Gasteiger partial charge >= 0.3 is 0 Å². The molecule has 14 heavy (non-hydrogen) atoms. The van der Waals surface area contributed by atoms with Gasteiger partial charge in [-0.15, -0.1) is 12.3 Å². The molecule has 0 aliphatic rings. The minimum absolute atomic E-state index is 0.0694. The van der Waals surface area contributed by atoms with Gasteiger partial charge in [0.1, 0.15) is 0 Å². The van der Waals surface area contributed by atoms with Crippen LogP contribution in [-0.2, 0) is 0 Å². The van der Waals surface area contributed by atoms with E-state index in [-0.39, 0.29) is 5.41 Å². The molecule has 0 unspecified atom stereocenters. The van der Waals surface area contributed by atoms with E-state index in [1.165, 1.54) is 0 Å². The van der Waals surface area contributed by atoms with Gasteiger partial charge < -0.3 is 0 Å². The predicted octanol–water partition coefficient (Wildman–Crippen LogP) is 4.66. The smallest absolute Gasteiger partial charge is 0.0227 e. The van der Waals surface area contributed by atoms with Crippen LogP contribution in [0.3, 0.4) is 0 Å². The number of rotatable bonds is 1. The van der Waals surface area contributed by atoms with Crippen LogP contribution in [-0.4, -0.2) is 0 Å². The molecule has 0 aromatic heterocycles. The molecule has 0 bridgehead atoms.